The minimum absolute atomic E-state index is 0.568. The highest BCUT2D eigenvalue weighted by molar-refractivity contribution is 5.81. The number of nitrogens with zero attached hydrogens (tertiary/aromatic N) is 3. The first kappa shape index (κ1) is 14.4. The molecule has 0 radical (unpaired) electrons. The van der Waals surface area contributed by atoms with Crippen molar-refractivity contribution in [2.45, 2.75) is 26.8 Å². The van der Waals surface area contributed by atoms with Crippen LogP contribution in [0.15, 0.2) is 42.9 Å². The van der Waals surface area contributed by atoms with E-state index in [1.54, 1.807) is 6.33 Å². The normalized spacial score (nSPS) is 11.2. The zero-order chi connectivity index (χ0) is 15.5. The third-order valence-electron chi connectivity index (χ3n) is 3.56. The van der Waals surface area contributed by atoms with E-state index in [1.807, 2.05) is 36.5 Å². The predicted molar refractivity (Wildman–Crippen MR) is 87.9 cm³/mol. The Labute approximate surface area is 129 Å². The van der Waals surface area contributed by atoms with Gasteiger partial charge < -0.3 is 15.0 Å². The molecule has 22 heavy (non-hydrogen) atoms. The molecule has 0 aliphatic heterocycles. The van der Waals surface area contributed by atoms with E-state index >= 15 is 0 Å². The van der Waals surface area contributed by atoms with Crippen LogP contribution >= 0.6 is 0 Å². The summed E-state index contributed by atoms with van der Waals surface area (Å²) in [7, 11) is 0. The Hall–Kier alpha value is -2.56. The van der Waals surface area contributed by atoms with Crippen molar-refractivity contribution < 1.29 is 4.74 Å². The molecule has 3 aromatic rings. The van der Waals surface area contributed by atoms with Gasteiger partial charge in [0.1, 0.15) is 17.7 Å². The Morgan fingerprint density at radius 1 is 1.14 bits per heavy atom. The lowest BCUT2D eigenvalue weighted by Gasteiger charge is -2.08. The van der Waals surface area contributed by atoms with E-state index in [4.69, 9.17) is 10.5 Å². The minimum Gasteiger partial charge on any atom is -0.438 e. The van der Waals surface area contributed by atoms with E-state index in [1.165, 1.54) is 0 Å². The quantitative estimate of drug-likeness (QED) is 0.726. The zero-order valence-corrected chi connectivity index (χ0v) is 12.9. The summed E-state index contributed by atoms with van der Waals surface area (Å²) < 4.78 is 8.01. The molecule has 0 amide bonds. The molecule has 5 nitrogen and oxygen atoms in total. The van der Waals surface area contributed by atoms with Crippen molar-refractivity contribution in [3.8, 4) is 11.6 Å². The molecule has 0 aliphatic carbocycles. The molecule has 2 aromatic heterocycles. The van der Waals surface area contributed by atoms with Crippen LogP contribution in [-0.4, -0.2) is 14.5 Å². The summed E-state index contributed by atoms with van der Waals surface area (Å²) >= 11 is 0. The number of rotatable bonds is 5. The fraction of sp³-hybridized carbons (Fsp3) is 0.294. The average molecular weight is 296 g/mol. The van der Waals surface area contributed by atoms with Gasteiger partial charge >= 0.3 is 0 Å². The van der Waals surface area contributed by atoms with Gasteiger partial charge in [-0.05, 0) is 42.7 Å². The molecule has 5 heteroatoms. The highest BCUT2D eigenvalue weighted by atomic mass is 16.5. The smallest absolute Gasteiger partial charge is 0.231 e. The third-order valence-corrected chi connectivity index (χ3v) is 3.56. The summed E-state index contributed by atoms with van der Waals surface area (Å²) in [4.78, 5) is 8.64. The maximum atomic E-state index is 5.87. The lowest BCUT2D eigenvalue weighted by molar-refractivity contribution is 0.468. The molecular formula is C17H20N4O. The Morgan fingerprint density at radius 3 is 2.64 bits per heavy atom. The maximum Gasteiger partial charge on any atom is 0.231 e. The number of benzene rings is 1. The number of ether oxygens (including phenoxy) is 1. The Balaban J connectivity index is 1.89. The fourth-order valence-corrected chi connectivity index (χ4v) is 2.29. The first-order valence-corrected chi connectivity index (χ1v) is 7.46. The van der Waals surface area contributed by atoms with Gasteiger partial charge in [-0.1, -0.05) is 13.8 Å². The van der Waals surface area contributed by atoms with E-state index in [2.05, 4.69) is 28.4 Å². The minimum atomic E-state index is 0.568. The van der Waals surface area contributed by atoms with E-state index in [9.17, 15) is 0 Å². The summed E-state index contributed by atoms with van der Waals surface area (Å²) in [5.74, 6) is 1.94. The van der Waals surface area contributed by atoms with Gasteiger partial charge in [0.2, 0.25) is 5.88 Å². The second-order valence-corrected chi connectivity index (χ2v) is 5.78. The van der Waals surface area contributed by atoms with Crippen molar-refractivity contribution in [3.63, 3.8) is 0 Å². The van der Waals surface area contributed by atoms with E-state index < -0.39 is 0 Å². The van der Waals surface area contributed by atoms with Crippen LogP contribution in [0.3, 0.4) is 0 Å². The molecule has 0 bridgehead atoms. The SMILES string of the molecule is CC(C)CCn1ccc2c(Oc3ccc(N)cc3)ncnc21. The van der Waals surface area contributed by atoms with Crippen molar-refractivity contribution in [1.29, 1.82) is 0 Å². The summed E-state index contributed by atoms with van der Waals surface area (Å²) in [6.45, 7) is 5.38. The molecule has 2 heterocycles. The highest BCUT2D eigenvalue weighted by Crippen LogP contribution is 2.27. The van der Waals surface area contributed by atoms with Crippen LogP contribution in [0.5, 0.6) is 11.6 Å². The molecule has 3 rings (SSSR count). The monoisotopic (exact) mass is 296 g/mol. The van der Waals surface area contributed by atoms with Crippen LogP contribution in [0, 0.1) is 5.92 Å². The van der Waals surface area contributed by atoms with Gasteiger partial charge in [-0.3, -0.25) is 0 Å². The third kappa shape index (κ3) is 3.03. The van der Waals surface area contributed by atoms with Crippen molar-refractivity contribution >= 4 is 16.7 Å². The van der Waals surface area contributed by atoms with Gasteiger partial charge in [0, 0.05) is 18.4 Å². The molecule has 0 atom stereocenters. The summed E-state index contributed by atoms with van der Waals surface area (Å²) in [6, 6.07) is 9.28. The van der Waals surface area contributed by atoms with Crippen molar-refractivity contribution in [2.24, 2.45) is 5.92 Å². The summed E-state index contributed by atoms with van der Waals surface area (Å²) in [5.41, 5.74) is 7.30. The second-order valence-electron chi connectivity index (χ2n) is 5.78. The first-order valence-electron chi connectivity index (χ1n) is 7.46. The number of aromatic nitrogens is 3. The Morgan fingerprint density at radius 2 is 1.91 bits per heavy atom. The summed E-state index contributed by atoms with van der Waals surface area (Å²) in [5, 5.41) is 0.920. The van der Waals surface area contributed by atoms with Crippen molar-refractivity contribution in [3.05, 3.63) is 42.9 Å². The molecule has 114 valence electrons. The van der Waals surface area contributed by atoms with Gasteiger partial charge in [-0.15, -0.1) is 0 Å². The first-order chi connectivity index (χ1) is 10.6. The number of hydrogen-bond donors (Lipinski definition) is 1. The number of aryl methyl sites for hydroxylation is 1. The average Bonchev–Trinajstić information content (AvgIpc) is 2.92. The molecule has 0 saturated heterocycles. The highest BCUT2D eigenvalue weighted by Gasteiger charge is 2.10. The molecule has 0 unspecified atom stereocenters. The number of nitrogen functional groups attached to an aromatic ring is 1. The standard InChI is InChI=1S/C17H20N4O/c1-12(2)7-9-21-10-8-15-16(21)19-11-20-17(15)22-14-5-3-13(18)4-6-14/h3-6,8,10-12H,7,9,18H2,1-2H3. The number of nitrogens with two attached hydrogens (primary N) is 1. The molecule has 0 aliphatic rings. The van der Waals surface area contributed by atoms with Gasteiger partial charge in [0.25, 0.3) is 0 Å². The predicted octanol–water partition coefficient (Wildman–Crippen LogP) is 3.85. The molecule has 0 fully saturated rings. The second kappa shape index (κ2) is 6.05. The van der Waals surface area contributed by atoms with Crippen LogP contribution in [0.2, 0.25) is 0 Å². The van der Waals surface area contributed by atoms with Gasteiger partial charge in [0.15, 0.2) is 0 Å². The van der Waals surface area contributed by atoms with Crippen molar-refractivity contribution in [1.82, 2.24) is 14.5 Å². The summed E-state index contributed by atoms with van der Waals surface area (Å²) in [6.07, 6.45) is 4.69. The van der Waals surface area contributed by atoms with Gasteiger partial charge in [-0.25, -0.2) is 9.97 Å². The zero-order valence-electron chi connectivity index (χ0n) is 12.9. The van der Waals surface area contributed by atoms with E-state index in [0.717, 1.165) is 24.0 Å². The Bertz CT molecular complexity index is 762. The van der Waals surface area contributed by atoms with Crippen LogP contribution in [0.1, 0.15) is 20.3 Å². The van der Waals surface area contributed by atoms with Crippen LogP contribution < -0.4 is 10.5 Å². The van der Waals surface area contributed by atoms with Crippen LogP contribution in [0.25, 0.3) is 11.0 Å². The molecule has 0 saturated carbocycles. The molecule has 0 spiro atoms. The Kier molecular flexibility index (Phi) is 3.96. The van der Waals surface area contributed by atoms with Gasteiger partial charge in [0.05, 0.1) is 5.39 Å². The molecule has 2 N–H and O–H groups in total. The largest absolute Gasteiger partial charge is 0.438 e. The lowest BCUT2D eigenvalue weighted by Crippen LogP contribution is -2.01. The van der Waals surface area contributed by atoms with Crippen molar-refractivity contribution in [2.75, 3.05) is 5.73 Å². The topological polar surface area (TPSA) is 66.0 Å². The van der Waals surface area contributed by atoms with Crippen LogP contribution in [-0.2, 0) is 6.54 Å². The van der Waals surface area contributed by atoms with E-state index in [-0.39, 0.29) is 0 Å². The van der Waals surface area contributed by atoms with Crippen LogP contribution in [0.4, 0.5) is 5.69 Å². The van der Waals surface area contributed by atoms with Gasteiger partial charge in [-0.2, -0.15) is 0 Å². The number of fused-ring (bicyclic) bond motifs is 1. The molecule has 1 aromatic carbocycles. The fourth-order valence-electron chi connectivity index (χ4n) is 2.29. The maximum absolute atomic E-state index is 5.87. The lowest BCUT2D eigenvalue weighted by atomic mass is 10.1. The number of anilines is 1. The van der Waals surface area contributed by atoms with E-state index in [0.29, 0.717) is 23.2 Å². The molecular weight excluding hydrogens is 276 g/mol. The number of hydrogen-bond acceptors (Lipinski definition) is 4.